The van der Waals surface area contributed by atoms with Crippen molar-refractivity contribution in [3.8, 4) is 0 Å². The van der Waals surface area contributed by atoms with Crippen LogP contribution in [0.1, 0.15) is 19.3 Å². The first-order chi connectivity index (χ1) is 5.34. The first-order valence-electron chi connectivity index (χ1n) is 3.89. The summed E-state index contributed by atoms with van der Waals surface area (Å²) in [6.45, 7) is 4.53. The lowest BCUT2D eigenvalue weighted by Gasteiger charge is -2.24. The molecule has 0 aromatic rings. The Bertz CT molecular complexity index is 158. The Kier molecular flexibility index (Phi) is 3.49. The van der Waals surface area contributed by atoms with E-state index in [1.54, 1.807) is 11.9 Å². The van der Waals surface area contributed by atoms with E-state index >= 15 is 0 Å². The zero-order valence-electron chi connectivity index (χ0n) is 6.58. The van der Waals surface area contributed by atoms with Crippen LogP contribution < -0.4 is 0 Å². The molecule has 1 rings (SSSR count). The number of carbonyl (C=O) groups is 1. The van der Waals surface area contributed by atoms with Crippen LogP contribution in [0.5, 0.6) is 0 Å². The van der Waals surface area contributed by atoms with E-state index in [0.29, 0.717) is 0 Å². The zero-order valence-corrected chi connectivity index (χ0v) is 7.40. The van der Waals surface area contributed by atoms with Crippen LogP contribution >= 0.6 is 11.9 Å². The fourth-order valence-electron chi connectivity index (χ4n) is 1.06. The Morgan fingerprint density at radius 3 is 3.09 bits per heavy atom. The van der Waals surface area contributed by atoms with Crippen LogP contribution in [0.3, 0.4) is 0 Å². The lowest BCUT2D eigenvalue weighted by atomic mass is 10.2. The molecule has 0 bridgehead atoms. The summed E-state index contributed by atoms with van der Waals surface area (Å²) in [5, 5.41) is 0. The minimum absolute atomic E-state index is 0.281. The van der Waals surface area contributed by atoms with Gasteiger partial charge in [-0.1, -0.05) is 6.08 Å². The van der Waals surface area contributed by atoms with E-state index in [1.807, 2.05) is 10.4 Å². The van der Waals surface area contributed by atoms with E-state index in [-0.39, 0.29) is 5.91 Å². The van der Waals surface area contributed by atoms with Gasteiger partial charge < -0.3 is 0 Å². The smallest absolute Gasteiger partial charge is 0.232 e. The van der Waals surface area contributed by atoms with Crippen molar-refractivity contribution in [2.45, 2.75) is 19.3 Å². The highest BCUT2D eigenvalue weighted by atomic mass is 32.2. The van der Waals surface area contributed by atoms with Crippen molar-refractivity contribution in [2.75, 3.05) is 12.3 Å². The average Bonchev–Trinajstić information content (AvgIpc) is 2.03. The SMILES string of the molecule is C=CCSN1CCCCC1=O. The number of nitrogens with zero attached hydrogens (tertiary/aromatic N) is 1. The predicted molar refractivity (Wildman–Crippen MR) is 48.2 cm³/mol. The maximum absolute atomic E-state index is 11.2. The molecule has 0 aromatic carbocycles. The summed E-state index contributed by atoms with van der Waals surface area (Å²) < 4.78 is 1.85. The van der Waals surface area contributed by atoms with Crippen molar-refractivity contribution in [2.24, 2.45) is 0 Å². The van der Waals surface area contributed by atoms with Crippen molar-refractivity contribution in [3.63, 3.8) is 0 Å². The van der Waals surface area contributed by atoms with Crippen molar-refractivity contribution in [1.29, 1.82) is 0 Å². The van der Waals surface area contributed by atoms with Gasteiger partial charge in [0.15, 0.2) is 0 Å². The van der Waals surface area contributed by atoms with E-state index in [4.69, 9.17) is 0 Å². The second-order valence-corrected chi connectivity index (χ2v) is 3.57. The lowest BCUT2D eigenvalue weighted by molar-refractivity contribution is -0.127. The fourth-order valence-corrected chi connectivity index (χ4v) is 1.84. The van der Waals surface area contributed by atoms with Gasteiger partial charge in [0, 0.05) is 18.7 Å². The number of hydrogen-bond donors (Lipinski definition) is 0. The van der Waals surface area contributed by atoms with Gasteiger partial charge in [-0.25, -0.2) is 0 Å². The first kappa shape index (κ1) is 8.65. The molecule has 0 saturated carbocycles. The summed E-state index contributed by atoms with van der Waals surface area (Å²) in [6.07, 6.45) is 4.76. The molecule has 0 aromatic heterocycles. The van der Waals surface area contributed by atoms with Gasteiger partial charge in [0.05, 0.1) is 0 Å². The van der Waals surface area contributed by atoms with Gasteiger partial charge in [-0.2, -0.15) is 0 Å². The quantitative estimate of drug-likeness (QED) is 0.477. The second kappa shape index (κ2) is 4.44. The third-order valence-electron chi connectivity index (χ3n) is 1.63. The van der Waals surface area contributed by atoms with Crippen LogP contribution in [0.25, 0.3) is 0 Å². The summed E-state index contributed by atoms with van der Waals surface area (Å²) >= 11 is 1.57. The molecular formula is C8H13NOS. The molecule has 3 heteroatoms. The van der Waals surface area contributed by atoms with Crippen LogP contribution in [0, 0.1) is 0 Å². The summed E-state index contributed by atoms with van der Waals surface area (Å²) in [5.41, 5.74) is 0. The Morgan fingerprint density at radius 1 is 1.64 bits per heavy atom. The van der Waals surface area contributed by atoms with E-state index in [1.165, 1.54) is 0 Å². The predicted octanol–water partition coefficient (Wildman–Crippen LogP) is 1.83. The van der Waals surface area contributed by atoms with Crippen LogP contribution in [0.15, 0.2) is 12.7 Å². The number of rotatable bonds is 3. The Hall–Kier alpha value is -0.440. The molecule has 62 valence electrons. The fraction of sp³-hybridized carbons (Fsp3) is 0.625. The molecule has 1 saturated heterocycles. The van der Waals surface area contributed by atoms with Crippen molar-refractivity contribution < 1.29 is 4.79 Å². The van der Waals surface area contributed by atoms with Crippen LogP contribution in [-0.2, 0) is 4.79 Å². The molecule has 0 aliphatic carbocycles. The molecule has 0 spiro atoms. The number of carbonyl (C=O) groups excluding carboxylic acids is 1. The molecule has 0 N–H and O–H groups in total. The second-order valence-electron chi connectivity index (χ2n) is 2.54. The molecule has 0 unspecified atom stereocenters. The first-order valence-corrected chi connectivity index (χ1v) is 4.83. The maximum atomic E-state index is 11.2. The summed E-state index contributed by atoms with van der Waals surface area (Å²) in [4.78, 5) is 11.2. The maximum Gasteiger partial charge on any atom is 0.232 e. The molecule has 0 radical (unpaired) electrons. The molecule has 1 amide bonds. The Labute approximate surface area is 71.8 Å². The third kappa shape index (κ3) is 2.58. The molecule has 11 heavy (non-hydrogen) atoms. The molecule has 1 aliphatic heterocycles. The average molecular weight is 171 g/mol. The van der Waals surface area contributed by atoms with Gasteiger partial charge in [0.2, 0.25) is 5.91 Å². The summed E-state index contributed by atoms with van der Waals surface area (Å²) in [6, 6.07) is 0. The van der Waals surface area contributed by atoms with Crippen molar-refractivity contribution in [3.05, 3.63) is 12.7 Å². The number of hydrogen-bond acceptors (Lipinski definition) is 2. The van der Waals surface area contributed by atoms with Gasteiger partial charge in [-0.05, 0) is 24.8 Å². The molecular weight excluding hydrogens is 158 g/mol. The third-order valence-corrected chi connectivity index (χ3v) is 2.71. The van der Waals surface area contributed by atoms with Gasteiger partial charge in [0.1, 0.15) is 0 Å². The standard InChI is InChI=1S/C8H13NOS/c1-2-7-11-9-6-4-3-5-8(9)10/h2H,1,3-7H2. The lowest BCUT2D eigenvalue weighted by Crippen LogP contribution is -2.29. The highest BCUT2D eigenvalue weighted by Crippen LogP contribution is 2.18. The largest absolute Gasteiger partial charge is 0.286 e. The van der Waals surface area contributed by atoms with E-state index in [2.05, 4.69) is 6.58 Å². The highest BCUT2D eigenvalue weighted by Gasteiger charge is 2.17. The minimum Gasteiger partial charge on any atom is -0.286 e. The van der Waals surface area contributed by atoms with E-state index < -0.39 is 0 Å². The zero-order chi connectivity index (χ0) is 8.10. The molecule has 1 fully saturated rings. The van der Waals surface area contributed by atoms with Crippen molar-refractivity contribution >= 4 is 17.9 Å². The van der Waals surface area contributed by atoms with Gasteiger partial charge in [-0.15, -0.1) is 6.58 Å². The molecule has 1 heterocycles. The van der Waals surface area contributed by atoms with Crippen molar-refractivity contribution in [1.82, 2.24) is 4.31 Å². The summed E-state index contributed by atoms with van der Waals surface area (Å²) in [7, 11) is 0. The molecule has 0 atom stereocenters. The Morgan fingerprint density at radius 2 is 2.45 bits per heavy atom. The summed E-state index contributed by atoms with van der Waals surface area (Å²) in [5.74, 6) is 1.12. The number of piperidine rings is 1. The number of amides is 1. The van der Waals surface area contributed by atoms with Crippen LogP contribution in [-0.4, -0.2) is 22.5 Å². The topological polar surface area (TPSA) is 20.3 Å². The minimum atomic E-state index is 0.281. The molecule has 2 nitrogen and oxygen atoms in total. The monoisotopic (exact) mass is 171 g/mol. The van der Waals surface area contributed by atoms with Gasteiger partial charge >= 0.3 is 0 Å². The van der Waals surface area contributed by atoms with Gasteiger partial charge in [-0.3, -0.25) is 9.10 Å². The normalized spacial score (nSPS) is 18.5. The Balaban J connectivity index is 2.29. The molecule has 1 aliphatic rings. The highest BCUT2D eigenvalue weighted by molar-refractivity contribution is 7.97. The van der Waals surface area contributed by atoms with E-state index in [0.717, 1.165) is 31.6 Å². The van der Waals surface area contributed by atoms with E-state index in [9.17, 15) is 4.79 Å². The van der Waals surface area contributed by atoms with Crippen LogP contribution in [0.4, 0.5) is 0 Å². The van der Waals surface area contributed by atoms with Gasteiger partial charge in [0.25, 0.3) is 0 Å². The van der Waals surface area contributed by atoms with Crippen LogP contribution in [0.2, 0.25) is 0 Å².